The molecule has 1 rings (SSSR count). The normalized spacial score (nSPS) is 12.2. The van der Waals surface area contributed by atoms with Crippen molar-refractivity contribution in [2.24, 2.45) is 0 Å². The smallest absolute Gasteiger partial charge is 0.170 e. The Morgan fingerprint density at radius 3 is 1.83 bits per heavy atom. The van der Waals surface area contributed by atoms with Crippen LogP contribution < -0.4 is 0 Å². The summed E-state index contributed by atoms with van der Waals surface area (Å²) in [5.41, 5.74) is 0.928. The fourth-order valence-corrected chi connectivity index (χ4v) is 6.44. The molecule has 0 aromatic heterocycles. The number of rotatable bonds is 7. The topological polar surface area (TPSA) is 88.5 Å². The van der Waals surface area contributed by atoms with Crippen molar-refractivity contribution in [3.8, 4) is 5.75 Å². The van der Waals surface area contributed by atoms with E-state index in [1.54, 1.807) is 19.1 Å². The third-order valence-electron chi connectivity index (χ3n) is 4.07. The van der Waals surface area contributed by atoms with E-state index in [1.165, 1.54) is 20.8 Å². The highest BCUT2D eigenvalue weighted by Gasteiger charge is 2.47. The van der Waals surface area contributed by atoms with E-state index in [1.807, 2.05) is 18.2 Å². The standard InChI is InChI=1S/C9H10O.C8H18O4S2/c1-2-5-8-6-3-4-7-9(8)10;1-5-8(4,13(9,10)6-2)14(11,12)7-3/h2-4,6-7,10H,1,5H2;5-7H2,1-4H3. The maximum absolute atomic E-state index is 11.7. The maximum atomic E-state index is 11.7. The van der Waals surface area contributed by atoms with Gasteiger partial charge in [0.2, 0.25) is 0 Å². The zero-order valence-corrected chi connectivity index (χ0v) is 16.5. The van der Waals surface area contributed by atoms with E-state index >= 15 is 0 Å². The molecule has 0 aliphatic heterocycles. The number of allylic oxidation sites excluding steroid dienone is 1. The molecular formula is C17H28O5S2. The molecule has 0 fully saturated rings. The van der Waals surface area contributed by atoms with E-state index in [2.05, 4.69) is 6.58 Å². The zero-order valence-electron chi connectivity index (χ0n) is 14.8. The van der Waals surface area contributed by atoms with E-state index in [-0.39, 0.29) is 17.9 Å². The largest absolute Gasteiger partial charge is 0.508 e. The monoisotopic (exact) mass is 376 g/mol. The second-order valence-electron chi connectivity index (χ2n) is 5.42. The van der Waals surface area contributed by atoms with Crippen LogP contribution in [0.5, 0.6) is 5.75 Å². The molecule has 0 unspecified atom stereocenters. The Kier molecular flexibility index (Phi) is 8.71. The van der Waals surface area contributed by atoms with E-state index in [4.69, 9.17) is 0 Å². The van der Waals surface area contributed by atoms with Crippen molar-refractivity contribution in [3.05, 3.63) is 42.5 Å². The molecule has 0 aliphatic carbocycles. The molecule has 5 nitrogen and oxygen atoms in total. The number of aromatic hydroxyl groups is 1. The van der Waals surface area contributed by atoms with E-state index in [0.717, 1.165) is 12.0 Å². The van der Waals surface area contributed by atoms with Gasteiger partial charge in [-0.05, 0) is 31.4 Å². The SMILES string of the molecule is C=CCc1ccccc1O.CCC(C)(S(=O)(=O)CC)S(=O)(=O)CC. The number of benzene rings is 1. The molecule has 138 valence electrons. The van der Waals surface area contributed by atoms with Gasteiger partial charge < -0.3 is 5.11 Å². The second kappa shape index (κ2) is 9.22. The van der Waals surface area contributed by atoms with Crippen LogP contribution in [0.3, 0.4) is 0 Å². The Morgan fingerprint density at radius 2 is 1.50 bits per heavy atom. The predicted molar refractivity (Wildman–Crippen MR) is 99.6 cm³/mol. The number of sulfone groups is 2. The summed E-state index contributed by atoms with van der Waals surface area (Å²) in [4.78, 5) is 0. The van der Waals surface area contributed by atoms with Gasteiger partial charge in [-0.15, -0.1) is 6.58 Å². The van der Waals surface area contributed by atoms with Gasteiger partial charge in [-0.3, -0.25) is 0 Å². The molecule has 0 saturated heterocycles. The fraction of sp³-hybridized carbons (Fsp3) is 0.529. The molecule has 0 saturated carbocycles. The van der Waals surface area contributed by atoms with Gasteiger partial charge >= 0.3 is 0 Å². The van der Waals surface area contributed by atoms with Crippen molar-refractivity contribution < 1.29 is 21.9 Å². The van der Waals surface area contributed by atoms with E-state index in [0.29, 0.717) is 5.75 Å². The first-order chi connectivity index (χ1) is 11.0. The lowest BCUT2D eigenvalue weighted by molar-refractivity contribution is 0.469. The molecule has 1 N–H and O–H groups in total. The van der Waals surface area contributed by atoms with Crippen LogP contribution >= 0.6 is 0 Å². The van der Waals surface area contributed by atoms with Gasteiger partial charge in [-0.2, -0.15) is 0 Å². The highest BCUT2D eigenvalue weighted by atomic mass is 32.3. The molecule has 0 aliphatic rings. The van der Waals surface area contributed by atoms with Gasteiger partial charge in [0.05, 0.1) is 0 Å². The summed E-state index contributed by atoms with van der Waals surface area (Å²) in [5.74, 6) is 0.0649. The minimum atomic E-state index is -3.57. The molecular weight excluding hydrogens is 348 g/mol. The summed E-state index contributed by atoms with van der Waals surface area (Å²) >= 11 is 0. The molecule has 0 spiro atoms. The Hall–Kier alpha value is -1.34. The first-order valence-electron chi connectivity index (χ1n) is 7.85. The summed E-state index contributed by atoms with van der Waals surface area (Å²) in [7, 11) is -7.14. The van der Waals surface area contributed by atoms with Crippen LogP contribution in [0.1, 0.15) is 39.7 Å². The summed E-state index contributed by atoms with van der Waals surface area (Å²) in [6, 6.07) is 7.27. The molecule has 1 aromatic carbocycles. The summed E-state index contributed by atoms with van der Waals surface area (Å²) in [6.45, 7) is 9.40. The molecule has 1 aromatic rings. The van der Waals surface area contributed by atoms with Gasteiger partial charge in [-0.25, -0.2) is 16.8 Å². The minimum absolute atomic E-state index is 0.0966. The van der Waals surface area contributed by atoms with Crippen molar-refractivity contribution in [1.29, 1.82) is 0 Å². The predicted octanol–water partition coefficient (Wildman–Crippen LogP) is 3.10. The highest BCUT2D eigenvalue weighted by molar-refractivity contribution is 8.10. The van der Waals surface area contributed by atoms with Crippen LogP contribution in [-0.2, 0) is 26.1 Å². The first-order valence-corrected chi connectivity index (χ1v) is 11.2. The Balaban J connectivity index is 0.000000463. The highest BCUT2D eigenvalue weighted by Crippen LogP contribution is 2.29. The number of phenols is 1. The lowest BCUT2D eigenvalue weighted by Gasteiger charge is -2.26. The van der Waals surface area contributed by atoms with Gasteiger partial charge in [0.25, 0.3) is 0 Å². The lowest BCUT2D eigenvalue weighted by atomic mass is 10.1. The summed E-state index contributed by atoms with van der Waals surface area (Å²) < 4.78 is 45.1. The Bertz CT molecular complexity index is 700. The third kappa shape index (κ3) is 5.08. The van der Waals surface area contributed by atoms with Crippen LogP contribution in [0.4, 0.5) is 0 Å². The molecule has 7 heteroatoms. The van der Waals surface area contributed by atoms with Crippen molar-refractivity contribution in [2.75, 3.05) is 11.5 Å². The molecule has 0 bridgehead atoms. The molecule has 0 heterocycles. The molecule has 0 radical (unpaired) electrons. The first kappa shape index (κ1) is 22.7. The zero-order chi connectivity index (χ0) is 19.0. The Morgan fingerprint density at radius 1 is 1.04 bits per heavy atom. The van der Waals surface area contributed by atoms with E-state index in [9.17, 15) is 21.9 Å². The molecule has 24 heavy (non-hydrogen) atoms. The van der Waals surface area contributed by atoms with Crippen LogP contribution in [-0.4, -0.2) is 37.5 Å². The average Bonchev–Trinajstić information content (AvgIpc) is 2.56. The Labute approximate surface area is 146 Å². The van der Waals surface area contributed by atoms with Gasteiger partial charge in [0.1, 0.15) is 5.75 Å². The van der Waals surface area contributed by atoms with Crippen LogP contribution in [0.15, 0.2) is 36.9 Å². The average molecular weight is 377 g/mol. The van der Waals surface area contributed by atoms with Crippen molar-refractivity contribution in [2.45, 2.75) is 44.6 Å². The number of phenolic OH excluding ortho intramolecular Hbond substituents is 1. The fourth-order valence-electron chi connectivity index (χ4n) is 2.08. The van der Waals surface area contributed by atoms with Crippen LogP contribution in [0, 0.1) is 0 Å². The van der Waals surface area contributed by atoms with Crippen molar-refractivity contribution in [1.82, 2.24) is 0 Å². The maximum Gasteiger partial charge on any atom is 0.170 e. The number of hydrogen-bond acceptors (Lipinski definition) is 5. The third-order valence-corrected chi connectivity index (χ3v) is 10.3. The second-order valence-corrected chi connectivity index (χ2v) is 11.1. The van der Waals surface area contributed by atoms with Crippen molar-refractivity contribution >= 4 is 19.7 Å². The number of para-hydroxylation sites is 1. The summed E-state index contributed by atoms with van der Waals surface area (Å²) in [5, 5.41) is 9.19. The van der Waals surface area contributed by atoms with E-state index < -0.39 is 23.8 Å². The van der Waals surface area contributed by atoms with Crippen LogP contribution in [0.25, 0.3) is 0 Å². The molecule has 0 atom stereocenters. The van der Waals surface area contributed by atoms with Gasteiger partial charge in [0.15, 0.2) is 23.8 Å². The van der Waals surface area contributed by atoms with Gasteiger partial charge in [-0.1, -0.05) is 45.0 Å². The number of hydrogen-bond donors (Lipinski definition) is 1. The lowest BCUT2D eigenvalue weighted by Crippen LogP contribution is -2.44. The quantitative estimate of drug-likeness (QED) is 0.739. The molecule has 0 amide bonds. The summed E-state index contributed by atoms with van der Waals surface area (Å²) in [6.07, 6.45) is 2.60. The van der Waals surface area contributed by atoms with Crippen molar-refractivity contribution in [3.63, 3.8) is 0 Å². The van der Waals surface area contributed by atoms with Crippen LogP contribution in [0.2, 0.25) is 0 Å². The minimum Gasteiger partial charge on any atom is -0.508 e. The van der Waals surface area contributed by atoms with Gasteiger partial charge in [0, 0.05) is 11.5 Å².